The first-order chi connectivity index (χ1) is 11.0. The predicted molar refractivity (Wildman–Crippen MR) is 86.3 cm³/mol. The van der Waals surface area contributed by atoms with Crippen LogP contribution in [-0.2, 0) is 9.59 Å². The van der Waals surface area contributed by atoms with Gasteiger partial charge in [-0.15, -0.1) is 5.10 Å². The molecule has 2 rings (SSSR count). The summed E-state index contributed by atoms with van der Waals surface area (Å²) in [5.74, 6) is 0.208. The fourth-order valence-corrected chi connectivity index (χ4v) is 2.46. The molecule has 0 fully saturated rings. The number of H-pyrrole nitrogens is 1. The second kappa shape index (κ2) is 7.84. The first-order valence-corrected chi connectivity index (χ1v) is 7.80. The van der Waals surface area contributed by atoms with Crippen LogP contribution >= 0.6 is 23.4 Å². The third kappa shape index (κ3) is 4.86. The van der Waals surface area contributed by atoms with Gasteiger partial charge in [0, 0.05) is 5.02 Å². The number of methoxy groups -OCH3 is 1. The number of carbonyl (C=O) groups is 2. The molecule has 1 aromatic carbocycles. The number of carbonyl (C=O) groups excluding carboxylic acids is 2. The van der Waals surface area contributed by atoms with E-state index in [1.54, 1.807) is 25.3 Å². The Morgan fingerprint density at radius 2 is 2.26 bits per heavy atom. The van der Waals surface area contributed by atoms with E-state index in [0.29, 0.717) is 27.3 Å². The molecular weight excluding hydrogens is 342 g/mol. The molecule has 4 N–H and O–H groups in total. The zero-order valence-corrected chi connectivity index (χ0v) is 13.7. The molecule has 8 nitrogen and oxygen atoms in total. The maximum Gasteiger partial charge on any atom is 0.236 e. The second-order valence-corrected chi connectivity index (χ2v) is 5.72. The Kier molecular flexibility index (Phi) is 5.83. The maximum atomic E-state index is 11.5. The van der Waals surface area contributed by atoms with Gasteiger partial charge in [0.05, 0.1) is 25.0 Å². The smallest absolute Gasteiger partial charge is 0.236 e. The number of nitrogens with one attached hydrogen (secondary N) is 2. The highest BCUT2D eigenvalue weighted by Gasteiger charge is 2.13. The van der Waals surface area contributed by atoms with Gasteiger partial charge in [-0.1, -0.05) is 23.4 Å². The van der Waals surface area contributed by atoms with Crippen molar-refractivity contribution in [2.24, 2.45) is 5.73 Å². The Morgan fingerprint density at radius 3 is 2.96 bits per heavy atom. The quantitative estimate of drug-likeness (QED) is 0.632. The Balaban J connectivity index is 2.02. The molecule has 0 aliphatic carbocycles. The van der Waals surface area contributed by atoms with Gasteiger partial charge >= 0.3 is 0 Å². The second-order valence-electron chi connectivity index (χ2n) is 4.34. The van der Waals surface area contributed by atoms with Gasteiger partial charge in [0.15, 0.2) is 5.82 Å². The molecule has 23 heavy (non-hydrogen) atoms. The first-order valence-electron chi connectivity index (χ1n) is 6.43. The van der Waals surface area contributed by atoms with Crippen molar-refractivity contribution in [3.8, 4) is 17.1 Å². The first kappa shape index (κ1) is 17.1. The van der Waals surface area contributed by atoms with E-state index < -0.39 is 5.91 Å². The number of hydrogen-bond donors (Lipinski definition) is 3. The molecule has 0 bridgehead atoms. The van der Waals surface area contributed by atoms with Crippen LogP contribution in [0.25, 0.3) is 11.4 Å². The number of aromatic amines is 1. The largest absolute Gasteiger partial charge is 0.496 e. The van der Waals surface area contributed by atoms with Crippen LogP contribution in [0, 0.1) is 0 Å². The highest BCUT2D eigenvalue weighted by atomic mass is 35.5. The van der Waals surface area contributed by atoms with Gasteiger partial charge in [-0.05, 0) is 18.2 Å². The normalized spacial score (nSPS) is 10.3. The number of primary amides is 1. The van der Waals surface area contributed by atoms with Crippen molar-refractivity contribution in [1.82, 2.24) is 20.5 Å². The SMILES string of the molecule is COc1ccc(Cl)cc1-c1nc(SCC(=O)NCC(N)=O)n[nH]1. The average molecular weight is 356 g/mol. The average Bonchev–Trinajstić information content (AvgIpc) is 2.99. The number of amides is 2. The van der Waals surface area contributed by atoms with Crippen molar-refractivity contribution >= 4 is 35.2 Å². The summed E-state index contributed by atoms with van der Waals surface area (Å²) in [7, 11) is 1.54. The number of aromatic nitrogens is 3. The Bertz CT molecular complexity index is 721. The lowest BCUT2D eigenvalue weighted by Crippen LogP contribution is -2.34. The Morgan fingerprint density at radius 1 is 1.48 bits per heavy atom. The number of hydrogen-bond acceptors (Lipinski definition) is 6. The van der Waals surface area contributed by atoms with E-state index in [2.05, 4.69) is 20.5 Å². The summed E-state index contributed by atoms with van der Waals surface area (Å²) in [5, 5.41) is 10.1. The summed E-state index contributed by atoms with van der Waals surface area (Å²) in [4.78, 5) is 26.4. The minimum atomic E-state index is -0.600. The lowest BCUT2D eigenvalue weighted by atomic mass is 10.2. The minimum absolute atomic E-state index is 0.0667. The molecule has 0 saturated heterocycles. The van der Waals surface area contributed by atoms with Gasteiger partial charge in [-0.2, -0.15) is 0 Å². The molecule has 0 saturated carbocycles. The summed E-state index contributed by atoms with van der Waals surface area (Å²) in [6, 6.07) is 5.14. The topological polar surface area (TPSA) is 123 Å². The molecular formula is C13H14ClN5O3S. The fraction of sp³-hybridized carbons (Fsp3) is 0.231. The van der Waals surface area contributed by atoms with Crippen LogP contribution in [0.4, 0.5) is 0 Å². The highest BCUT2D eigenvalue weighted by molar-refractivity contribution is 7.99. The summed E-state index contributed by atoms with van der Waals surface area (Å²) >= 11 is 7.10. The van der Waals surface area contributed by atoms with Gasteiger partial charge in [0.2, 0.25) is 17.0 Å². The van der Waals surface area contributed by atoms with Crippen LogP contribution in [0.15, 0.2) is 23.4 Å². The van der Waals surface area contributed by atoms with E-state index in [9.17, 15) is 9.59 Å². The Hall–Kier alpha value is -2.26. The molecule has 1 heterocycles. The molecule has 1 aromatic heterocycles. The summed E-state index contributed by atoms with van der Waals surface area (Å²) < 4.78 is 5.26. The van der Waals surface area contributed by atoms with Crippen LogP contribution in [0.2, 0.25) is 5.02 Å². The van der Waals surface area contributed by atoms with E-state index in [4.69, 9.17) is 22.1 Å². The number of thioether (sulfide) groups is 1. The van der Waals surface area contributed by atoms with Gasteiger partial charge in [0.1, 0.15) is 5.75 Å². The number of halogens is 1. The maximum absolute atomic E-state index is 11.5. The van der Waals surface area contributed by atoms with Crippen LogP contribution in [0.1, 0.15) is 0 Å². The number of nitrogens with zero attached hydrogens (tertiary/aromatic N) is 2. The van der Waals surface area contributed by atoms with Crippen LogP contribution in [0.3, 0.4) is 0 Å². The number of ether oxygens (including phenoxy) is 1. The van der Waals surface area contributed by atoms with Crippen LogP contribution < -0.4 is 15.8 Å². The zero-order valence-electron chi connectivity index (χ0n) is 12.1. The van der Waals surface area contributed by atoms with Crippen molar-refractivity contribution in [2.45, 2.75) is 5.16 Å². The molecule has 0 radical (unpaired) electrons. The standard InChI is InChI=1S/C13H14ClN5O3S/c1-22-9-3-2-7(14)4-8(9)12-17-13(19-18-12)23-6-11(21)16-5-10(15)20/h2-4H,5-6H2,1H3,(H2,15,20)(H,16,21)(H,17,18,19). The molecule has 2 amide bonds. The monoisotopic (exact) mass is 355 g/mol. The number of rotatable bonds is 7. The molecule has 122 valence electrons. The molecule has 0 aliphatic heterocycles. The van der Waals surface area contributed by atoms with Crippen molar-refractivity contribution in [3.63, 3.8) is 0 Å². The molecule has 0 atom stereocenters. The molecule has 0 spiro atoms. The van der Waals surface area contributed by atoms with Gasteiger partial charge in [0.25, 0.3) is 0 Å². The van der Waals surface area contributed by atoms with E-state index in [1.165, 1.54) is 0 Å². The molecule has 0 aliphatic rings. The Labute approximate surface area is 141 Å². The number of benzene rings is 1. The van der Waals surface area contributed by atoms with E-state index in [0.717, 1.165) is 11.8 Å². The molecule has 2 aromatic rings. The van der Waals surface area contributed by atoms with Crippen LogP contribution in [0.5, 0.6) is 5.75 Å². The van der Waals surface area contributed by atoms with Gasteiger partial charge in [-0.3, -0.25) is 14.7 Å². The van der Waals surface area contributed by atoms with E-state index in [-0.39, 0.29) is 18.2 Å². The zero-order chi connectivity index (χ0) is 16.8. The third-order valence-electron chi connectivity index (χ3n) is 2.67. The number of nitrogens with two attached hydrogens (primary N) is 1. The lowest BCUT2D eigenvalue weighted by Gasteiger charge is -2.05. The van der Waals surface area contributed by atoms with E-state index in [1.807, 2.05) is 0 Å². The summed E-state index contributed by atoms with van der Waals surface area (Å²) in [5.41, 5.74) is 5.61. The van der Waals surface area contributed by atoms with Crippen LogP contribution in [-0.4, -0.2) is 46.4 Å². The van der Waals surface area contributed by atoms with Crippen molar-refractivity contribution < 1.29 is 14.3 Å². The third-order valence-corrected chi connectivity index (χ3v) is 3.76. The van der Waals surface area contributed by atoms with Crippen molar-refractivity contribution in [3.05, 3.63) is 23.2 Å². The summed E-state index contributed by atoms with van der Waals surface area (Å²) in [6.45, 7) is -0.196. The predicted octanol–water partition coefficient (Wildman–Crippen LogP) is 0.827. The molecule has 10 heteroatoms. The van der Waals surface area contributed by atoms with E-state index >= 15 is 0 Å². The summed E-state index contributed by atoms with van der Waals surface area (Å²) in [6.07, 6.45) is 0. The van der Waals surface area contributed by atoms with Gasteiger partial charge < -0.3 is 15.8 Å². The molecule has 0 unspecified atom stereocenters. The van der Waals surface area contributed by atoms with Crippen molar-refractivity contribution in [2.75, 3.05) is 19.4 Å². The minimum Gasteiger partial charge on any atom is -0.496 e. The van der Waals surface area contributed by atoms with Crippen molar-refractivity contribution in [1.29, 1.82) is 0 Å². The highest BCUT2D eigenvalue weighted by Crippen LogP contribution is 2.31. The van der Waals surface area contributed by atoms with Gasteiger partial charge in [-0.25, -0.2) is 4.98 Å². The fourth-order valence-electron chi connectivity index (χ4n) is 1.66. The lowest BCUT2D eigenvalue weighted by molar-refractivity contribution is -0.123.